The van der Waals surface area contributed by atoms with Crippen molar-refractivity contribution in [3.63, 3.8) is 0 Å². The van der Waals surface area contributed by atoms with Gasteiger partial charge in [-0.1, -0.05) is 31.1 Å². The van der Waals surface area contributed by atoms with E-state index < -0.39 is 0 Å². The van der Waals surface area contributed by atoms with E-state index in [1.807, 2.05) is 24.8 Å². The van der Waals surface area contributed by atoms with Crippen LogP contribution in [0.15, 0.2) is 29.4 Å². The number of carbonyl (C=O) groups excluding carboxylic acids is 1. The summed E-state index contributed by atoms with van der Waals surface area (Å²) >= 11 is 0. The molecule has 0 radical (unpaired) electrons. The molecule has 0 saturated carbocycles. The van der Waals surface area contributed by atoms with Crippen LogP contribution in [0.4, 0.5) is 4.39 Å². The fraction of sp³-hybridized carbons (Fsp3) is 0.500. The average Bonchev–Trinajstić information content (AvgIpc) is 2.94. The third kappa shape index (κ3) is 4.03. The molecule has 1 heterocycles. The van der Waals surface area contributed by atoms with E-state index in [4.69, 9.17) is 4.84 Å². The van der Waals surface area contributed by atoms with Gasteiger partial charge in [0.05, 0.1) is 12.3 Å². The van der Waals surface area contributed by atoms with Crippen LogP contribution in [-0.2, 0) is 9.63 Å². The largest absolute Gasteiger partial charge is 0.390 e. The summed E-state index contributed by atoms with van der Waals surface area (Å²) in [6.45, 7) is 5.15. The molecule has 0 N–H and O–H groups in total. The van der Waals surface area contributed by atoms with Gasteiger partial charge in [0, 0.05) is 24.9 Å². The lowest BCUT2D eigenvalue weighted by atomic mass is 10.0. The van der Waals surface area contributed by atoms with Crippen LogP contribution in [-0.4, -0.2) is 35.7 Å². The maximum Gasteiger partial charge on any atom is 0.222 e. The molecule has 0 saturated heterocycles. The maximum absolute atomic E-state index is 13.2. The summed E-state index contributed by atoms with van der Waals surface area (Å²) in [6.07, 6.45) is 1.85. The molecule has 5 heteroatoms. The summed E-state index contributed by atoms with van der Waals surface area (Å²) in [5, 5.41) is 4.04. The van der Waals surface area contributed by atoms with Crippen molar-refractivity contribution in [2.75, 3.05) is 13.1 Å². The number of hydrogen-bond acceptors (Lipinski definition) is 3. The van der Waals surface area contributed by atoms with Crippen molar-refractivity contribution in [1.29, 1.82) is 0 Å². The molecule has 0 fully saturated rings. The molecule has 0 aromatic heterocycles. The number of oxime groups is 1. The van der Waals surface area contributed by atoms with E-state index in [-0.39, 0.29) is 17.8 Å². The highest BCUT2D eigenvalue weighted by atomic mass is 19.1. The van der Waals surface area contributed by atoms with Gasteiger partial charge in [-0.05, 0) is 18.6 Å². The minimum Gasteiger partial charge on any atom is -0.390 e. The summed E-state index contributed by atoms with van der Waals surface area (Å²) in [4.78, 5) is 19.1. The molecule has 1 aliphatic rings. The molecule has 0 spiro atoms. The van der Waals surface area contributed by atoms with E-state index in [1.165, 1.54) is 12.1 Å². The summed E-state index contributed by atoms with van der Waals surface area (Å²) in [6, 6.07) is 6.32. The number of carbonyl (C=O) groups is 1. The summed E-state index contributed by atoms with van der Waals surface area (Å²) in [5.41, 5.74) is 1.47. The van der Waals surface area contributed by atoms with Crippen LogP contribution in [0.2, 0.25) is 0 Å². The zero-order chi connectivity index (χ0) is 15.2. The van der Waals surface area contributed by atoms with Crippen LogP contribution in [0.1, 0.15) is 38.7 Å². The summed E-state index contributed by atoms with van der Waals surface area (Å²) < 4.78 is 13.2. The SMILES string of the molecule is CCCN(C[C@H]1CC(c2cccc(F)c2)=NO1)C(=O)CC. The van der Waals surface area contributed by atoms with Crippen LogP contribution in [0.3, 0.4) is 0 Å². The molecule has 1 amide bonds. The quantitative estimate of drug-likeness (QED) is 0.809. The summed E-state index contributed by atoms with van der Waals surface area (Å²) in [5.74, 6) is -0.160. The summed E-state index contributed by atoms with van der Waals surface area (Å²) in [7, 11) is 0. The second kappa shape index (κ2) is 7.20. The Morgan fingerprint density at radius 1 is 1.48 bits per heavy atom. The molecule has 0 aliphatic carbocycles. The number of benzene rings is 1. The first-order valence-corrected chi connectivity index (χ1v) is 7.40. The van der Waals surface area contributed by atoms with E-state index in [0.29, 0.717) is 19.4 Å². The van der Waals surface area contributed by atoms with Gasteiger partial charge in [0.2, 0.25) is 5.91 Å². The van der Waals surface area contributed by atoms with Crippen molar-refractivity contribution in [3.05, 3.63) is 35.6 Å². The normalized spacial score (nSPS) is 17.3. The van der Waals surface area contributed by atoms with Gasteiger partial charge in [0.1, 0.15) is 5.82 Å². The Hall–Kier alpha value is -1.91. The molecule has 2 rings (SSSR count). The van der Waals surface area contributed by atoms with E-state index in [0.717, 1.165) is 24.2 Å². The van der Waals surface area contributed by atoms with Gasteiger partial charge in [0.25, 0.3) is 0 Å². The number of rotatable bonds is 6. The molecule has 114 valence electrons. The van der Waals surface area contributed by atoms with Crippen LogP contribution in [0.25, 0.3) is 0 Å². The lowest BCUT2D eigenvalue weighted by molar-refractivity contribution is -0.132. The standard InChI is InChI=1S/C16H21FN2O2/c1-3-8-19(16(20)4-2)11-14-10-15(18-21-14)12-6-5-7-13(17)9-12/h5-7,9,14H,3-4,8,10-11H2,1-2H3/t14-/m1/s1. The molecule has 21 heavy (non-hydrogen) atoms. The van der Waals surface area contributed by atoms with E-state index in [2.05, 4.69) is 5.16 Å². The van der Waals surface area contributed by atoms with Crippen molar-refractivity contribution < 1.29 is 14.0 Å². The number of halogens is 1. The molecule has 1 aliphatic heterocycles. The molecule has 1 aromatic carbocycles. The first-order valence-electron chi connectivity index (χ1n) is 7.40. The second-order valence-electron chi connectivity index (χ2n) is 5.17. The lowest BCUT2D eigenvalue weighted by Crippen LogP contribution is -2.37. The average molecular weight is 292 g/mol. The van der Waals surface area contributed by atoms with Crippen LogP contribution >= 0.6 is 0 Å². The second-order valence-corrected chi connectivity index (χ2v) is 5.17. The van der Waals surface area contributed by atoms with Gasteiger partial charge in [-0.25, -0.2) is 4.39 Å². The van der Waals surface area contributed by atoms with Crippen molar-refractivity contribution in [1.82, 2.24) is 4.90 Å². The van der Waals surface area contributed by atoms with E-state index in [9.17, 15) is 9.18 Å². The van der Waals surface area contributed by atoms with E-state index in [1.54, 1.807) is 6.07 Å². The fourth-order valence-electron chi connectivity index (χ4n) is 2.42. The fourth-order valence-corrected chi connectivity index (χ4v) is 2.42. The Kier molecular flexibility index (Phi) is 5.31. The first-order chi connectivity index (χ1) is 10.1. The highest BCUT2D eigenvalue weighted by Crippen LogP contribution is 2.18. The molecule has 0 bridgehead atoms. The number of amides is 1. The molecular formula is C16H21FN2O2. The zero-order valence-corrected chi connectivity index (χ0v) is 12.5. The highest BCUT2D eigenvalue weighted by Gasteiger charge is 2.26. The Morgan fingerprint density at radius 2 is 2.29 bits per heavy atom. The van der Waals surface area contributed by atoms with Crippen LogP contribution in [0, 0.1) is 5.82 Å². The van der Waals surface area contributed by atoms with Gasteiger partial charge >= 0.3 is 0 Å². The van der Waals surface area contributed by atoms with Gasteiger partial charge < -0.3 is 9.74 Å². The predicted octanol–water partition coefficient (Wildman–Crippen LogP) is 2.97. The molecular weight excluding hydrogens is 271 g/mol. The van der Waals surface area contributed by atoms with E-state index >= 15 is 0 Å². The third-order valence-electron chi connectivity index (χ3n) is 3.46. The van der Waals surface area contributed by atoms with Crippen molar-refractivity contribution in [2.24, 2.45) is 5.16 Å². The Morgan fingerprint density at radius 3 is 2.95 bits per heavy atom. The zero-order valence-electron chi connectivity index (χ0n) is 12.5. The Labute approximate surface area is 124 Å². The topological polar surface area (TPSA) is 41.9 Å². The number of hydrogen-bond donors (Lipinski definition) is 0. The molecule has 1 atom stereocenters. The smallest absolute Gasteiger partial charge is 0.222 e. The highest BCUT2D eigenvalue weighted by molar-refractivity contribution is 6.01. The molecule has 0 unspecified atom stereocenters. The first kappa shape index (κ1) is 15.5. The monoisotopic (exact) mass is 292 g/mol. The van der Waals surface area contributed by atoms with Crippen molar-refractivity contribution in [3.8, 4) is 0 Å². The predicted molar refractivity (Wildman–Crippen MR) is 79.6 cm³/mol. The van der Waals surface area contributed by atoms with Gasteiger partial charge in [0.15, 0.2) is 6.10 Å². The Bertz CT molecular complexity index is 531. The van der Waals surface area contributed by atoms with Crippen molar-refractivity contribution in [2.45, 2.75) is 39.2 Å². The van der Waals surface area contributed by atoms with Crippen LogP contribution < -0.4 is 0 Å². The van der Waals surface area contributed by atoms with Gasteiger partial charge in [-0.15, -0.1) is 0 Å². The van der Waals surface area contributed by atoms with Gasteiger partial charge in [-0.3, -0.25) is 4.79 Å². The molecule has 1 aromatic rings. The lowest BCUT2D eigenvalue weighted by Gasteiger charge is -2.23. The van der Waals surface area contributed by atoms with Crippen molar-refractivity contribution >= 4 is 11.6 Å². The van der Waals surface area contributed by atoms with Gasteiger partial charge in [-0.2, -0.15) is 0 Å². The maximum atomic E-state index is 13.2. The van der Waals surface area contributed by atoms with Crippen LogP contribution in [0.5, 0.6) is 0 Å². The minimum atomic E-state index is -0.285. The Balaban J connectivity index is 1.96. The number of nitrogens with zero attached hydrogens (tertiary/aromatic N) is 2. The minimum absolute atomic E-state index is 0.125. The third-order valence-corrected chi connectivity index (χ3v) is 3.46. The molecule has 4 nitrogen and oxygen atoms in total.